The summed E-state index contributed by atoms with van der Waals surface area (Å²) in [7, 11) is 0. The van der Waals surface area contributed by atoms with E-state index in [1.54, 1.807) is 0 Å². The minimum Gasteiger partial charge on any atom is -0.357 e. The van der Waals surface area contributed by atoms with Crippen molar-refractivity contribution in [3.63, 3.8) is 0 Å². The first-order valence-electron chi connectivity index (χ1n) is 9.17. The fraction of sp³-hybridized carbons (Fsp3) is 0.938. The fourth-order valence-corrected chi connectivity index (χ4v) is 3.54. The second kappa shape index (κ2) is 11.0. The van der Waals surface area contributed by atoms with E-state index in [2.05, 4.69) is 15.6 Å². The van der Waals surface area contributed by atoms with Crippen LogP contribution in [-0.2, 0) is 0 Å². The van der Waals surface area contributed by atoms with Crippen LogP contribution in [0.4, 0.5) is 26.3 Å². The fourth-order valence-electron chi connectivity index (χ4n) is 3.54. The van der Waals surface area contributed by atoms with E-state index in [1.807, 2.05) is 6.92 Å². The third-order valence-electron chi connectivity index (χ3n) is 4.64. The highest BCUT2D eigenvalue weighted by atomic mass is 127. The Morgan fingerprint density at radius 1 is 0.964 bits per heavy atom. The van der Waals surface area contributed by atoms with Gasteiger partial charge in [-0.25, -0.2) is 0 Å². The van der Waals surface area contributed by atoms with Gasteiger partial charge in [-0.3, -0.25) is 14.8 Å². The molecule has 2 atom stereocenters. The molecule has 5 nitrogen and oxygen atoms in total. The van der Waals surface area contributed by atoms with E-state index in [-0.39, 0.29) is 42.5 Å². The van der Waals surface area contributed by atoms with E-state index >= 15 is 0 Å². The molecule has 0 aliphatic carbocycles. The molecular weight excluding hydrogens is 503 g/mol. The molecule has 2 unspecified atom stereocenters. The molecule has 2 heterocycles. The Kier molecular flexibility index (Phi) is 10.1. The van der Waals surface area contributed by atoms with Crippen LogP contribution in [0.1, 0.15) is 19.8 Å². The Labute approximate surface area is 178 Å². The van der Waals surface area contributed by atoms with Crippen LogP contribution in [0.5, 0.6) is 0 Å². The number of hydrogen-bond donors (Lipinski definition) is 2. The van der Waals surface area contributed by atoms with Crippen LogP contribution in [0.25, 0.3) is 0 Å². The summed E-state index contributed by atoms with van der Waals surface area (Å²) in [6.07, 6.45) is -7.16. The number of aliphatic imine (C=N–C) groups is 1. The zero-order valence-corrected chi connectivity index (χ0v) is 18.1. The van der Waals surface area contributed by atoms with Gasteiger partial charge in [0.25, 0.3) is 0 Å². The lowest BCUT2D eigenvalue weighted by atomic mass is 10.1. The maximum atomic E-state index is 12.5. The predicted octanol–water partition coefficient (Wildman–Crippen LogP) is 2.68. The molecule has 0 aromatic heterocycles. The second-order valence-electron chi connectivity index (χ2n) is 7.20. The van der Waals surface area contributed by atoms with Crippen LogP contribution in [0.15, 0.2) is 4.99 Å². The van der Waals surface area contributed by atoms with Gasteiger partial charge in [0.05, 0.1) is 13.1 Å². The van der Waals surface area contributed by atoms with Crippen LogP contribution in [-0.4, -0.2) is 86.5 Å². The topological polar surface area (TPSA) is 42.9 Å². The van der Waals surface area contributed by atoms with Gasteiger partial charge in [0.15, 0.2) is 5.96 Å². The summed E-state index contributed by atoms with van der Waals surface area (Å²) in [5, 5.41) is 6.19. The minimum absolute atomic E-state index is 0. The molecular formula is C16H28F6IN5. The highest BCUT2D eigenvalue weighted by Crippen LogP contribution is 2.23. The van der Waals surface area contributed by atoms with Gasteiger partial charge in [-0.2, -0.15) is 26.3 Å². The smallest absolute Gasteiger partial charge is 0.357 e. The molecule has 0 radical (unpaired) electrons. The van der Waals surface area contributed by atoms with E-state index in [9.17, 15) is 26.3 Å². The van der Waals surface area contributed by atoms with Crippen molar-refractivity contribution >= 4 is 29.9 Å². The van der Waals surface area contributed by atoms with Gasteiger partial charge in [0, 0.05) is 38.8 Å². The first kappa shape index (κ1) is 25.5. The molecule has 0 amide bonds. The standard InChI is InChI=1S/C16H27F6N5.HI/c1-2-23-14(25-13-4-6-27(9-13)11-16(20,21)22)24-7-12-3-5-26(8-12)10-15(17,18)19;/h12-13H,2-11H2,1H3,(H2,23,24,25);1H. The van der Waals surface area contributed by atoms with E-state index < -0.39 is 25.4 Å². The number of rotatable bonds is 6. The summed E-state index contributed by atoms with van der Waals surface area (Å²) in [6, 6.07) is -0.129. The Morgan fingerprint density at radius 2 is 1.54 bits per heavy atom. The van der Waals surface area contributed by atoms with Crippen molar-refractivity contribution in [3.05, 3.63) is 0 Å². The van der Waals surface area contributed by atoms with Crippen molar-refractivity contribution < 1.29 is 26.3 Å². The molecule has 2 saturated heterocycles. The maximum absolute atomic E-state index is 12.5. The molecule has 0 saturated carbocycles. The number of alkyl halides is 6. The number of nitrogens with zero attached hydrogens (tertiary/aromatic N) is 3. The lowest BCUT2D eigenvalue weighted by molar-refractivity contribution is -0.144. The van der Waals surface area contributed by atoms with Gasteiger partial charge in [-0.1, -0.05) is 0 Å². The van der Waals surface area contributed by atoms with E-state index in [4.69, 9.17) is 0 Å². The molecule has 2 aliphatic rings. The van der Waals surface area contributed by atoms with Crippen LogP contribution >= 0.6 is 24.0 Å². The van der Waals surface area contributed by atoms with Crippen LogP contribution in [0.3, 0.4) is 0 Å². The third kappa shape index (κ3) is 9.81. The summed E-state index contributed by atoms with van der Waals surface area (Å²) >= 11 is 0. The van der Waals surface area contributed by atoms with Gasteiger partial charge in [0.2, 0.25) is 0 Å². The SMILES string of the molecule is CCNC(=NCC1CCN(CC(F)(F)F)C1)NC1CCN(CC(F)(F)F)C1.I. The van der Waals surface area contributed by atoms with Crippen molar-refractivity contribution in [1.29, 1.82) is 0 Å². The summed E-state index contributed by atoms with van der Waals surface area (Å²) in [5.41, 5.74) is 0. The Morgan fingerprint density at radius 3 is 2.11 bits per heavy atom. The first-order valence-corrected chi connectivity index (χ1v) is 9.17. The molecule has 2 fully saturated rings. The highest BCUT2D eigenvalue weighted by molar-refractivity contribution is 14.0. The summed E-state index contributed by atoms with van der Waals surface area (Å²) in [4.78, 5) is 7.17. The van der Waals surface area contributed by atoms with Gasteiger partial charge < -0.3 is 10.6 Å². The molecule has 0 bridgehead atoms. The van der Waals surface area contributed by atoms with Gasteiger partial charge in [-0.15, -0.1) is 24.0 Å². The Balaban J connectivity index is 0.00000392. The molecule has 0 aromatic rings. The normalized spacial score (nSPS) is 25.0. The first-order chi connectivity index (χ1) is 12.5. The maximum Gasteiger partial charge on any atom is 0.401 e. The monoisotopic (exact) mass is 531 g/mol. The van der Waals surface area contributed by atoms with E-state index in [1.165, 1.54) is 9.80 Å². The molecule has 0 spiro atoms. The van der Waals surface area contributed by atoms with Gasteiger partial charge >= 0.3 is 12.4 Å². The van der Waals surface area contributed by atoms with Crippen molar-refractivity contribution in [3.8, 4) is 0 Å². The van der Waals surface area contributed by atoms with E-state index in [0.717, 1.165) is 0 Å². The van der Waals surface area contributed by atoms with Crippen LogP contribution in [0.2, 0.25) is 0 Å². The number of halogens is 7. The second-order valence-corrected chi connectivity index (χ2v) is 7.20. The van der Waals surface area contributed by atoms with Gasteiger partial charge in [0.1, 0.15) is 0 Å². The highest BCUT2D eigenvalue weighted by Gasteiger charge is 2.35. The quantitative estimate of drug-likeness (QED) is 0.240. The zero-order chi connectivity index (χ0) is 20.1. The van der Waals surface area contributed by atoms with Crippen molar-refractivity contribution in [2.24, 2.45) is 10.9 Å². The molecule has 0 aromatic carbocycles. The average Bonchev–Trinajstić information content (AvgIpc) is 3.11. The van der Waals surface area contributed by atoms with Crippen LogP contribution < -0.4 is 10.6 Å². The molecule has 2 N–H and O–H groups in total. The number of guanidine groups is 1. The Bertz CT molecular complexity index is 499. The van der Waals surface area contributed by atoms with Crippen molar-refractivity contribution in [1.82, 2.24) is 20.4 Å². The predicted molar refractivity (Wildman–Crippen MR) is 106 cm³/mol. The minimum atomic E-state index is -4.21. The summed E-state index contributed by atoms with van der Waals surface area (Å²) in [6.45, 7) is 2.45. The largest absolute Gasteiger partial charge is 0.401 e. The lowest BCUT2D eigenvalue weighted by Crippen LogP contribution is -2.45. The molecule has 28 heavy (non-hydrogen) atoms. The third-order valence-corrected chi connectivity index (χ3v) is 4.64. The van der Waals surface area contributed by atoms with Gasteiger partial charge in [-0.05, 0) is 32.2 Å². The average molecular weight is 531 g/mol. The van der Waals surface area contributed by atoms with Crippen LogP contribution in [0, 0.1) is 5.92 Å². The lowest BCUT2D eigenvalue weighted by Gasteiger charge is -2.20. The number of nitrogens with one attached hydrogen (secondary N) is 2. The molecule has 2 aliphatic heterocycles. The number of hydrogen-bond acceptors (Lipinski definition) is 3. The molecule has 12 heteroatoms. The molecule has 2 rings (SSSR count). The molecule has 166 valence electrons. The Hall–Kier alpha value is -0.500. The van der Waals surface area contributed by atoms with E-state index in [0.29, 0.717) is 51.5 Å². The summed E-state index contributed by atoms with van der Waals surface area (Å²) in [5.74, 6) is 0.554. The number of likely N-dealkylation sites (tertiary alicyclic amines) is 2. The van der Waals surface area contributed by atoms with Crippen molar-refractivity contribution in [2.75, 3.05) is 52.4 Å². The van der Waals surface area contributed by atoms with Crippen molar-refractivity contribution in [2.45, 2.75) is 38.2 Å². The summed E-state index contributed by atoms with van der Waals surface area (Å²) < 4.78 is 74.8. The zero-order valence-electron chi connectivity index (χ0n) is 15.7.